The Morgan fingerprint density at radius 1 is 1.29 bits per heavy atom. The zero-order valence-corrected chi connectivity index (χ0v) is 7.49. The quantitative estimate of drug-likeness (QED) is 0.608. The van der Waals surface area contributed by atoms with E-state index in [1.165, 1.54) is 0 Å². The Labute approximate surface area is 80.9 Å². The molecule has 1 aliphatic rings. The third-order valence-corrected chi connectivity index (χ3v) is 1.99. The maximum atomic E-state index is 8.67. The van der Waals surface area contributed by atoms with Crippen LogP contribution in [-0.4, -0.2) is 16.0 Å². The van der Waals surface area contributed by atoms with Crippen LogP contribution < -0.4 is 16.8 Å². The highest BCUT2D eigenvalue weighted by Gasteiger charge is 2.22. The van der Waals surface area contributed by atoms with Crippen molar-refractivity contribution in [1.82, 2.24) is 9.97 Å². The van der Waals surface area contributed by atoms with E-state index in [2.05, 4.69) is 15.3 Å². The molecule has 1 fully saturated rings. The average Bonchev–Trinajstić information content (AvgIpc) is 2.87. The van der Waals surface area contributed by atoms with E-state index >= 15 is 0 Å². The van der Waals surface area contributed by atoms with Crippen LogP contribution in [0.3, 0.4) is 0 Å². The molecule has 0 aromatic carbocycles. The fourth-order valence-corrected chi connectivity index (χ4v) is 1.09. The maximum absolute atomic E-state index is 8.67. The number of nitrogens with one attached hydrogen (secondary N) is 1. The highest BCUT2D eigenvalue weighted by Crippen LogP contribution is 2.24. The van der Waals surface area contributed by atoms with Crippen molar-refractivity contribution in [3.63, 3.8) is 0 Å². The summed E-state index contributed by atoms with van der Waals surface area (Å²) in [6.07, 6.45) is 2.23. The van der Waals surface area contributed by atoms with Gasteiger partial charge >= 0.3 is 0 Å². The Morgan fingerprint density at radius 3 is 2.29 bits per heavy atom. The summed E-state index contributed by atoms with van der Waals surface area (Å²) in [6.45, 7) is 0. The monoisotopic (exact) mass is 190 g/mol. The summed E-state index contributed by atoms with van der Waals surface area (Å²) in [4.78, 5) is 7.88. The summed E-state index contributed by atoms with van der Waals surface area (Å²) < 4.78 is 0. The lowest BCUT2D eigenvalue weighted by atomic mass is 10.3. The topological polar surface area (TPSA) is 114 Å². The molecule has 1 heterocycles. The minimum Gasteiger partial charge on any atom is -0.382 e. The predicted molar refractivity (Wildman–Crippen MR) is 52.2 cm³/mol. The first-order chi connectivity index (χ1) is 6.70. The Bertz CT molecular complexity index is 380. The Morgan fingerprint density at radius 2 is 1.86 bits per heavy atom. The lowest BCUT2D eigenvalue weighted by Gasteiger charge is -2.05. The average molecular weight is 190 g/mol. The lowest BCUT2D eigenvalue weighted by molar-refractivity contribution is 1.06. The number of hydrogen-bond acceptors (Lipinski definition) is 6. The van der Waals surface area contributed by atoms with Gasteiger partial charge in [-0.1, -0.05) is 0 Å². The van der Waals surface area contributed by atoms with Crippen LogP contribution >= 0.6 is 0 Å². The largest absolute Gasteiger partial charge is 0.382 e. The van der Waals surface area contributed by atoms with Crippen molar-refractivity contribution in [2.75, 3.05) is 16.8 Å². The van der Waals surface area contributed by atoms with Gasteiger partial charge in [0.25, 0.3) is 0 Å². The van der Waals surface area contributed by atoms with E-state index < -0.39 is 0 Å². The van der Waals surface area contributed by atoms with Gasteiger partial charge in [-0.2, -0.15) is 15.2 Å². The number of anilines is 3. The van der Waals surface area contributed by atoms with Crippen molar-refractivity contribution in [2.45, 2.75) is 18.9 Å². The lowest BCUT2D eigenvalue weighted by Crippen LogP contribution is -2.10. The third-order valence-electron chi connectivity index (χ3n) is 1.99. The molecule has 1 aliphatic carbocycles. The zero-order chi connectivity index (χ0) is 10.1. The molecule has 6 nitrogen and oxygen atoms in total. The molecular weight excluding hydrogens is 180 g/mol. The molecule has 0 unspecified atom stereocenters. The van der Waals surface area contributed by atoms with E-state index in [4.69, 9.17) is 16.7 Å². The number of aromatic nitrogens is 2. The van der Waals surface area contributed by atoms with Crippen molar-refractivity contribution in [3.8, 4) is 6.07 Å². The van der Waals surface area contributed by atoms with Crippen LogP contribution in [-0.2, 0) is 0 Å². The van der Waals surface area contributed by atoms with Gasteiger partial charge < -0.3 is 16.8 Å². The molecule has 1 saturated carbocycles. The van der Waals surface area contributed by atoms with Crippen molar-refractivity contribution < 1.29 is 0 Å². The van der Waals surface area contributed by atoms with Crippen LogP contribution in [0.25, 0.3) is 0 Å². The van der Waals surface area contributed by atoms with Gasteiger partial charge in [-0.25, -0.2) is 0 Å². The van der Waals surface area contributed by atoms with Crippen molar-refractivity contribution in [1.29, 1.82) is 5.26 Å². The number of hydrogen-bond donors (Lipinski definition) is 3. The molecule has 6 heteroatoms. The van der Waals surface area contributed by atoms with Crippen LogP contribution in [0.2, 0.25) is 0 Å². The molecule has 0 saturated heterocycles. The summed E-state index contributed by atoms with van der Waals surface area (Å²) in [5.41, 5.74) is 11.2. The van der Waals surface area contributed by atoms with E-state index in [-0.39, 0.29) is 17.2 Å². The minimum atomic E-state index is 0.128. The SMILES string of the molecule is N#Cc1c(N)nc(NC2CC2)nc1N. The van der Waals surface area contributed by atoms with Gasteiger partial charge in [0.2, 0.25) is 5.95 Å². The molecule has 1 aromatic rings. The summed E-state index contributed by atoms with van der Waals surface area (Å²) in [7, 11) is 0. The second kappa shape index (κ2) is 3.03. The van der Waals surface area contributed by atoms with Gasteiger partial charge in [-0.15, -0.1) is 0 Å². The van der Waals surface area contributed by atoms with E-state index in [9.17, 15) is 0 Å². The van der Waals surface area contributed by atoms with Crippen molar-refractivity contribution in [3.05, 3.63) is 5.56 Å². The second-order valence-corrected chi connectivity index (χ2v) is 3.22. The smallest absolute Gasteiger partial charge is 0.226 e. The Hall–Kier alpha value is -2.03. The normalized spacial score (nSPS) is 14.8. The fraction of sp³-hybridized carbons (Fsp3) is 0.375. The fourth-order valence-electron chi connectivity index (χ4n) is 1.09. The number of nitriles is 1. The zero-order valence-electron chi connectivity index (χ0n) is 7.49. The van der Waals surface area contributed by atoms with Crippen LogP contribution in [0.15, 0.2) is 0 Å². The predicted octanol–water partition coefficient (Wildman–Crippen LogP) is 0.0870. The van der Waals surface area contributed by atoms with E-state index in [1.54, 1.807) is 0 Å². The van der Waals surface area contributed by atoms with Gasteiger partial charge in [0.15, 0.2) is 0 Å². The first-order valence-corrected chi connectivity index (χ1v) is 4.30. The van der Waals surface area contributed by atoms with Crippen molar-refractivity contribution >= 4 is 17.6 Å². The third kappa shape index (κ3) is 1.52. The number of nitrogens with zero attached hydrogens (tertiary/aromatic N) is 3. The first kappa shape index (κ1) is 8.56. The Balaban J connectivity index is 2.31. The molecule has 2 rings (SSSR count). The molecule has 0 atom stereocenters. The van der Waals surface area contributed by atoms with E-state index in [0.717, 1.165) is 12.8 Å². The van der Waals surface area contributed by atoms with Crippen LogP contribution in [0.4, 0.5) is 17.6 Å². The molecule has 5 N–H and O–H groups in total. The van der Waals surface area contributed by atoms with E-state index in [0.29, 0.717) is 12.0 Å². The highest BCUT2D eigenvalue weighted by molar-refractivity contribution is 5.62. The second-order valence-electron chi connectivity index (χ2n) is 3.22. The first-order valence-electron chi connectivity index (χ1n) is 4.30. The molecule has 1 aromatic heterocycles. The number of nitrogen functional groups attached to an aromatic ring is 2. The molecule has 14 heavy (non-hydrogen) atoms. The number of rotatable bonds is 2. The number of nitrogens with two attached hydrogens (primary N) is 2. The maximum Gasteiger partial charge on any atom is 0.226 e. The van der Waals surface area contributed by atoms with Crippen LogP contribution in [0.5, 0.6) is 0 Å². The van der Waals surface area contributed by atoms with E-state index in [1.807, 2.05) is 6.07 Å². The molecule has 0 amide bonds. The molecule has 0 aliphatic heterocycles. The van der Waals surface area contributed by atoms with Crippen LogP contribution in [0, 0.1) is 11.3 Å². The minimum absolute atomic E-state index is 0.128. The van der Waals surface area contributed by atoms with Gasteiger partial charge in [0.1, 0.15) is 23.3 Å². The van der Waals surface area contributed by atoms with Gasteiger partial charge in [-0.3, -0.25) is 0 Å². The Kier molecular flexibility index (Phi) is 1.85. The highest BCUT2D eigenvalue weighted by atomic mass is 15.2. The summed E-state index contributed by atoms with van der Waals surface area (Å²) in [5, 5.41) is 11.7. The molecule has 0 radical (unpaired) electrons. The van der Waals surface area contributed by atoms with Crippen LogP contribution in [0.1, 0.15) is 18.4 Å². The summed E-state index contributed by atoms with van der Waals surface area (Å²) in [5.74, 6) is 0.660. The molecular formula is C8H10N6. The van der Waals surface area contributed by atoms with Gasteiger partial charge in [0.05, 0.1) is 0 Å². The summed E-state index contributed by atoms with van der Waals surface area (Å²) >= 11 is 0. The molecule has 0 spiro atoms. The van der Waals surface area contributed by atoms with Gasteiger partial charge in [0, 0.05) is 6.04 Å². The molecule has 0 bridgehead atoms. The standard InChI is InChI=1S/C8H10N6/c9-3-5-6(10)13-8(14-7(5)11)12-4-1-2-4/h4H,1-2H2,(H5,10,11,12,13,14). The van der Waals surface area contributed by atoms with Gasteiger partial charge in [-0.05, 0) is 12.8 Å². The van der Waals surface area contributed by atoms with Crippen molar-refractivity contribution in [2.24, 2.45) is 0 Å². The molecule has 72 valence electrons. The summed E-state index contributed by atoms with van der Waals surface area (Å²) in [6, 6.07) is 2.29.